The molecule has 0 amide bonds. The zero-order valence-corrected chi connectivity index (χ0v) is 15.6. The van der Waals surface area contributed by atoms with E-state index in [-0.39, 0.29) is 39.4 Å². The van der Waals surface area contributed by atoms with E-state index in [2.05, 4.69) is 0 Å². The van der Waals surface area contributed by atoms with Crippen LogP contribution >= 0.6 is 30.8 Å². The Labute approximate surface area is 149 Å². The summed E-state index contributed by atoms with van der Waals surface area (Å²) < 4.78 is 33.6. The summed E-state index contributed by atoms with van der Waals surface area (Å²) in [6.07, 6.45) is 0. The minimum absolute atomic E-state index is 0.0930. The zero-order valence-electron chi connectivity index (χ0n) is 13.2. The Morgan fingerprint density at radius 1 is 1.33 bits per heavy atom. The molecule has 1 aliphatic rings. The van der Waals surface area contributed by atoms with Crippen molar-refractivity contribution in [3.05, 3.63) is 39.2 Å². The SMILES string of the molecule is CCOC(=O)C1=C(N)Oc2c(Cl)cc(Cl)cc2C1P(=O)(OC)OC. The molecule has 24 heavy (non-hydrogen) atoms. The van der Waals surface area contributed by atoms with E-state index >= 15 is 0 Å². The Morgan fingerprint density at radius 3 is 2.50 bits per heavy atom. The van der Waals surface area contributed by atoms with E-state index < -0.39 is 19.2 Å². The van der Waals surface area contributed by atoms with E-state index in [9.17, 15) is 9.36 Å². The lowest BCUT2D eigenvalue weighted by atomic mass is 10.0. The number of ether oxygens (including phenoxy) is 2. The number of fused-ring (bicyclic) bond motifs is 1. The van der Waals surface area contributed by atoms with Crippen LogP contribution in [-0.2, 0) is 23.1 Å². The summed E-state index contributed by atoms with van der Waals surface area (Å²) in [5.74, 6) is -0.952. The minimum atomic E-state index is -3.84. The molecule has 1 aromatic carbocycles. The highest BCUT2D eigenvalue weighted by Crippen LogP contribution is 2.66. The van der Waals surface area contributed by atoms with E-state index in [1.54, 1.807) is 6.92 Å². The van der Waals surface area contributed by atoms with Gasteiger partial charge in [-0.1, -0.05) is 23.2 Å². The van der Waals surface area contributed by atoms with Crippen molar-refractivity contribution >= 4 is 36.8 Å². The molecule has 0 fully saturated rings. The lowest BCUT2D eigenvalue weighted by Crippen LogP contribution is -2.27. The molecule has 0 aromatic heterocycles. The summed E-state index contributed by atoms with van der Waals surface area (Å²) in [6, 6.07) is 2.90. The maximum atomic E-state index is 13.1. The van der Waals surface area contributed by atoms with Crippen LogP contribution in [0, 0.1) is 0 Å². The summed E-state index contributed by atoms with van der Waals surface area (Å²) in [5, 5.41) is 0.405. The first-order valence-corrected chi connectivity index (χ1v) is 9.20. The first-order chi connectivity index (χ1) is 11.3. The molecule has 10 heteroatoms. The molecule has 1 heterocycles. The molecule has 1 aromatic rings. The van der Waals surface area contributed by atoms with Gasteiger partial charge in [-0.3, -0.25) is 4.57 Å². The number of nitrogens with two attached hydrogens (primary N) is 1. The average molecular weight is 396 g/mol. The number of carbonyl (C=O) groups is 1. The number of esters is 1. The van der Waals surface area contributed by atoms with Crippen LogP contribution in [0.1, 0.15) is 18.1 Å². The zero-order chi connectivity index (χ0) is 18.1. The highest BCUT2D eigenvalue weighted by atomic mass is 35.5. The predicted octanol–water partition coefficient (Wildman–Crippen LogP) is 3.65. The highest BCUT2D eigenvalue weighted by Gasteiger charge is 2.48. The van der Waals surface area contributed by atoms with Gasteiger partial charge in [0.15, 0.2) is 5.75 Å². The molecule has 2 N–H and O–H groups in total. The van der Waals surface area contributed by atoms with Crippen molar-refractivity contribution in [2.45, 2.75) is 12.6 Å². The van der Waals surface area contributed by atoms with Crippen molar-refractivity contribution in [3.63, 3.8) is 0 Å². The molecular weight excluding hydrogens is 380 g/mol. The maximum Gasteiger partial charge on any atom is 0.342 e. The van der Waals surface area contributed by atoms with Gasteiger partial charge in [-0.2, -0.15) is 0 Å². The monoisotopic (exact) mass is 395 g/mol. The van der Waals surface area contributed by atoms with Crippen molar-refractivity contribution < 1.29 is 27.9 Å². The quantitative estimate of drug-likeness (QED) is 0.600. The van der Waals surface area contributed by atoms with Crippen LogP contribution in [0.4, 0.5) is 0 Å². The van der Waals surface area contributed by atoms with Crippen LogP contribution in [0.2, 0.25) is 10.0 Å². The third-order valence-electron chi connectivity index (χ3n) is 3.40. The summed E-state index contributed by atoms with van der Waals surface area (Å²) in [5.41, 5.74) is 4.76. The van der Waals surface area contributed by atoms with Crippen LogP contribution in [0.15, 0.2) is 23.6 Å². The molecule has 0 spiro atoms. The minimum Gasteiger partial charge on any atom is -0.462 e. The van der Waals surface area contributed by atoms with Gasteiger partial charge in [0.05, 0.1) is 11.6 Å². The second-order valence-electron chi connectivity index (χ2n) is 4.71. The average Bonchev–Trinajstić information content (AvgIpc) is 2.54. The van der Waals surface area contributed by atoms with E-state index in [0.29, 0.717) is 0 Å². The molecule has 1 aliphatic heterocycles. The molecule has 0 aliphatic carbocycles. The number of hydrogen-bond donors (Lipinski definition) is 1. The lowest BCUT2D eigenvalue weighted by Gasteiger charge is -2.31. The number of benzene rings is 1. The molecule has 7 nitrogen and oxygen atoms in total. The van der Waals surface area contributed by atoms with Gasteiger partial charge in [0.25, 0.3) is 0 Å². The summed E-state index contributed by atoms with van der Waals surface area (Å²) in [7, 11) is -1.44. The van der Waals surface area contributed by atoms with Gasteiger partial charge in [0.2, 0.25) is 5.88 Å². The summed E-state index contributed by atoms with van der Waals surface area (Å²) >= 11 is 12.2. The second-order valence-corrected chi connectivity index (χ2v) is 7.88. The van der Waals surface area contributed by atoms with Crippen molar-refractivity contribution in [2.75, 3.05) is 20.8 Å². The van der Waals surface area contributed by atoms with Gasteiger partial charge in [-0.15, -0.1) is 0 Å². The fraction of sp³-hybridized carbons (Fsp3) is 0.357. The van der Waals surface area contributed by atoms with Gasteiger partial charge in [-0.25, -0.2) is 4.79 Å². The Hall–Kier alpha value is -1.24. The Morgan fingerprint density at radius 2 is 1.96 bits per heavy atom. The first-order valence-electron chi connectivity index (χ1n) is 6.83. The largest absolute Gasteiger partial charge is 0.462 e. The van der Waals surface area contributed by atoms with Gasteiger partial charge in [0, 0.05) is 24.8 Å². The lowest BCUT2D eigenvalue weighted by molar-refractivity contribution is -0.139. The second kappa shape index (κ2) is 7.33. The number of carbonyl (C=O) groups excluding carboxylic acids is 1. The molecule has 0 saturated carbocycles. The fourth-order valence-corrected chi connectivity index (χ4v) is 4.58. The molecule has 1 unspecified atom stereocenters. The Bertz CT molecular complexity index is 743. The number of halogens is 2. The smallest absolute Gasteiger partial charge is 0.342 e. The van der Waals surface area contributed by atoms with Crippen molar-refractivity contribution in [1.82, 2.24) is 0 Å². The van der Waals surface area contributed by atoms with Crippen LogP contribution in [-0.4, -0.2) is 26.8 Å². The van der Waals surface area contributed by atoms with Gasteiger partial charge >= 0.3 is 13.6 Å². The normalized spacial score (nSPS) is 17.3. The molecule has 0 radical (unpaired) electrons. The van der Waals surface area contributed by atoms with E-state index in [1.807, 2.05) is 0 Å². The fourth-order valence-electron chi connectivity index (χ4n) is 2.38. The topological polar surface area (TPSA) is 97.1 Å². The van der Waals surface area contributed by atoms with Crippen LogP contribution < -0.4 is 10.5 Å². The van der Waals surface area contributed by atoms with E-state index in [0.717, 1.165) is 0 Å². The number of rotatable bonds is 5. The summed E-state index contributed by atoms with van der Waals surface area (Å²) in [6.45, 7) is 1.72. The third-order valence-corrected chi connectivity index (χ3v) is 6.09. The molecule has 2 rings (SSSR count). The predicted molar refractivity (Wildman–Crippen MR) is 89.3 cm³/mol. The maximum absolute atomic E-state index is 13.1. The third kappa shape index (κ3) is 3.27. The molecule has 0 saturated heterocycles. The van der Waals surface area contributed by atoms with E-state index in [1.165, 1.54) is 26.4 Å². The van der Waals surface area contributed by atoms with Gasteiger partial charge < -0.3 is 24.3 Å². The van der Waals surface area contributed by atoms with Crippen LogP contribution in [0.5, 0.6) is 5.75 Å². The molecular formula is C14H16Cl2NO6P. The van der Waals surface area contributed by atoms with E-state index in [4.69, 9.17) is 47.5 Å². The van der Waals surface area contributed by atoms with Crippen molar-refractivity contribution in [2.24, 2.45) is 5.73 Å². The summed E-state index contributed by atoms with van der Waals surface area (Å²) in [4.78, 5) is 12.3. The molecule has 0 bridgehead atoms. The number of hydrogen-bond acceptors (Lipinski definition) is 7. The van der Waals surface area contributed by atoms with Gasteiger partial charge in [-0.05, 0) is 19.1 Å². The first kappa shape index (κ1) is 19.1. The van der Waals surface area contributed by atoms with Crippen LogP contribution in [0.3, 0.4) is 0 Å². The van der Waals surface area contributed by atoms with Crippen LogP contribution in [0.25, 0.3) is 0 Å². The van der Waals surface area contributed by atoms with Crippen molar-refractivity contribution in [1.29, 1.82) is 0 Å². The Kier molecular flexibility index (Phi) is 5.83. The standard InChI is InChI=1S/C14H16Cl2NO6P/c1-4-22-14(18)10-12(24(19,20-2)21-3)8-5-7(15)6-9(16)11(8)23-13(10)17/h5-6,12H,4,17H2,1-3H3. The molecule has 132 valence electrons. The highest BCUT2D eigenvalue weighted by molar-refractivity contribution is 7.54. The molecule has 1 atom stereocenters. The Balaban J connectivity index is 2.76. The van der Waals surface area contributed by atoms with Gasteiger partial charge in [0.1, 0.15) is 11.2 Å². The van der Waals surface area contributed by atoms with Crippen molar-refractivity contribution in [3.8, 4) is 5.75 Å².